The molecule has 0 N–H and O–H groups in total. The van der Waals surface area contributed by atoms with Crippen molar-refractivity contribution in [2.75, 3.05) is 6.54 Å². The molecule has 0 saturated carbocycles. The van der Waals surface area contributed by atoms with Crippen LogP contribution in [0.1, 0.15) is 12.5 Å². The van der Waals surface area contributed by atoms with E-state index in [1.54, 1.807) is 17.9 Å². The third-order valence-electron chi connectivity index (χ3n) is 2.33. The van der Waals surface area contributed by atoms with Gasteiger partial charge in [0.2, 0.25) is 0 Å². The van der Waals surface area contributed by atoms with Crippen molar-refractivity contribution >= 4 is 5.91 Å². The molecule has 1 rings (SSSR count). The molecule has 0 aliphatic rings. The number of allylic oxidation sites excluding steroid dienone is 2. The molecule has 18 heavy (non-hydrogen) atoms. The Morgan fingerprint density at radius 1 is 1.39 bits per heavy atom. The van der Waals surface area contributed by atoms with Crippen LogP contribution in [0.25, 0.3) is 0 Å². The van der Waals surface area contributed by atoms with Crippen molar-refractivity contribution in [3.05, 3.63) is 60.7 Å². The summed E-state index contributed by atoms with van der Waals surface area (Å²) in [6, 6.07) is 9.87. The van der Waals surface area contributed by atoms with Crippen molar-refractivity contribution in [1.29, 1.82) is 0 Å². The number of amides is 1. The molecule has 0 heterocycles. The van der Waals surface area contributed by atoms with Crippen LogP contribution in [0.2, 0.25) is 0 Å². The monoisotopic (exact) mass is 239 g/mol. The second-order valence-corrected chi connectivity index (χ2v) is 3.71. The Bertz CT molecular complexity index is 477. The van der Waals surface area contributed by atoms with Gasteiger partial charge in [-0.1, -0.05) is 61.1 Å². The van der Waals surface area contributed by atoms with Crippen LogP contribution >= 0.6 is 0 Å². The normalized spacial score (nSPS) is 9.61. The fourth-order valence-electron chi connectivity index (χ4n) is 1.49. The van der Waals surface area contributed by atoms with Gasteiger partial charge in [-0.05, 0) is 18.4 Å². The minimum Gasteiger partial charge on any atom is -0.324 e. The van der Waals surface area contributed by atoms with Gasteiger partial charge >= 0.3 is 0 Å². The van der Waals surface area contributed by atoms with Crippen LogP contribution in [0, 0.1) is 11.8 Å². The lowest BCUT2D eigenvalue weighted by Gasteiger charge is -2.18. The second-order valence-electron chi connectivity index (χ2n) is 3.71. The first-order chi connectivity index (χ1) is 8.77. The van der Waals surface area contributed by atoms with Crippen LogP contribution in [0.15, 0.2) is 55.1 Å². The van der Waals surface area contributed by atoms with Crippen molar-refractivity contribution in [2.45, 2.75) is 13.5 Å². The molecule has 0 saturated heterocycles. The maximum Gasteiger partial charge on any atom is 0.299 e. The zero-order valence-corrected chi connectivity index (χ0v) is 10.6. The van der Waals surface area contributed by atoms with E-state index in [0.717, 1.165) is 5.56 Å². The van der Waals surface area contributed by atoms with Gasteiger partial charge in [0, 0.05) is 13.1 Å². The van der Waals surface area contributed by atoms with Gasteiger partial charge in [-0.15, -0.1) is 0 Å². The smallest absolute Gasteiger partial charge is 0.299 e. The molecular formula is C16H17NO. The maximum absolute atomic E-state index is 11.8. The first kappa shape index (κ1) is 13.8. The van der Waals surface area contributed by atoms with E-state index in [1.165, 1.54) is 0 Å². The fourth-order valence-corrected chi connectivity index (χ4v) is 1.49. The summed E-state index contributed by atoms with van der Waals surface area (Å²) < 4.78 is 0. The lowest BCUT2D eigenvalue weighted by atomic mass is 10.2. The average Bonchev–Trinajstić information content (AvgIpc) is 2.39. The van der Waals surface area contributed by atoms with Crippen molar-refractivity contribution in [1.82, 2.24) is 4.90 Å². The third kappa shape index (κ3) is 4.71. The molecule has 1 aromatic rings. The number of carbonyl (C=O) groups is 1. The number of nitrogens with zero attached hydrogens (tertiary/aromatic N) is 1. The molecule has 2 nitrogen and oxygen atoms in total. The van der Waals surface area contributed by atoms with Gasteiger partial charge in [0.15, 0.2) is 0 Å². The van der Waals surface area contributed by atoms with Crippen LogP contribution in [-0.4, -0.2) is 17.4 Å². The molecule has 92 valence electrons. The Hall–Kier alpha value is -2.27. The summed E-state index contributed by atoms with van der Waals surface area (Å²) in [6.07, 6.45) is 5.41. The minimum atomic E-state index is -0.157. The van der Waals surface area contributed by atoms with Crippen molar-refractivity contribution in [3.8, 4) is 11.8 Å². The topological polar surface area (TPSA) is 20.3 Å². The van der Waals surface area contributed by atoms with E-state index in [1.807, 2.05) is 42.5 Å². The second kappa shape index (κ2) is 7.92. The third-order valence-corrected chi connectivity index (χ3v) is 2.33. The Morgan fingerprint density at radius 3 is 2.72 bits per heavy atom. The molecule has 0 spiro atoms. The van der Waals surface area contributed by atoms with Crippen LogP contribution < -0.4 is 0 Å². The molecule has 0 unspecified atom stereocenters. The highest BCUT2D eigenvalue weighted by molar-refractivity contribution is 5.93. The molecule has 0 bridgehead atoms. The van der Waals surface area contributed by atoms with E-state index in [2.05, 4.69) is 18.4 Å². The Kier molecular flexibility index (Phi) is 6.07. The van der Waals surface area contributed by atoms with E-state index in [9.17, 15) is 4.79 Å². The summed E-state index contributed by atoms with van der Waals surface area (Å²) in [5.74, 6) is 5.05. The minimum absolute atomic E-state index is 0.157. The van der Waals surface area contributed by atoms with Gasteiger partial charge in [0.25, 0.3) is 5.91 Å². The summed E-state index contributed by atoms with van der Waals surface area (Å²) in [5.41, 5.74) is 1.09. The van der Waals surface area contributed by atoms with Crippen LogP contribution in [0.4, 0.5) is 0 Å². The first-order valence-electron chi connectivity index (χ1n) is 5.81. The fraction of sp³-hybridized carbons (Fsp3) is 0.188. The predicted octanol–water partition coefficient (Wildman–Crippen LogP) is 2.78. The van der Waals surface area contributed by atoms with Crippen molar-refractivity contribution < 1.29 is 4.79 Å². The Labute approximate surface area is 109 Å². The van der Waals surface area contributed by atoms with Crippen LogP contribution in [0.3, 0.4) is 0 Å². The number of hydrogen-bond acceptors (Lipinski definition) is 1. The van der Waals surface area contributed by atoms with Gasteiger partial charge in [-0.2, -0.15) is 0 Å². The van der Waals surface area contributed by atoms with E-state index >= 15 is 0 Å². The molecule has 0 aliphatic heterocycles. The van der Waals surface area contributed by atoms with Gasteiger partial charge in [-0.3, -0.25) is 4.79 Å². The standard InChI is InChI=1S/C16H17NO/c1-3-5-9-13-17(16(18)10-4-2)14-15-11-7-6-8-12-15/h3,5-9,11-12H,1,13-14H2,2H3. The zero-order chi connectivity index (χ0) is 13.2. The summed E-state index contributed by atoms with van der Waals surface area (Å²) in [4.78, 5) is 13.5. The average molecular weight is 239 g/mol. The summed E-state index contributed by atoms with van der Waals surface area (Å²) in [7, 11) is 0. The Morgan fingerprint density at radius 2 is 2.11 bits per heavy atom. The highest BCUT2D eigenvalue weighted by atomic mass is 16.2. The zero-order valence-electron chi connectivity index (χ0n) is 10.6. The van der Waals surface area contributed by atoms with Crippen molar-refractivity contribution in [2.24, 2.45) is 0 Å². The number of benzene rings is 1. The molecule has 0 aliphatic carbocycles. The maximum atomic E-state index is 11.8. The number of carbonyl (C=O) groups excluding carboxylic acids is 1. The highest BCUT2D eigenvalue weighted by Crippen LogP contribution is 2.04. The van der Waals surface area contributed by atoms with Gasteiger partial charge < -0.3 is 4.90 Å². The summed E-state index contributed by atoms with van der Waals surface area (Å²) in [6.45, 7) is 6.37. The molecule has 2 heteroatoms. The number of hydrogen-bond donors (Lipinski definition) is 0. The molecule has 1 aromatic carbocycles. The lowest BCUT2D eigenvalue weighted by molar-refractivity contribution is -0.125. The molecule has 0 atom stereocenters. The van der Waals surface area contributed by atoms with Gasteiger partial charge in [-0.25, -0.2) is 0 Å². The van der Waals surface area contributed by atoms with E-state index in [4.69, 9.17) is 0 Å². The highest BCUT2D eigenvalue weighted by Gasteiger charge is 2.09. The van der Waals surface area contributed by atoms with Gasteiger partial charge in [0.1, 0.15) is 0 Å². The number of rotatable bonds is 5. The SMILES string of the molecule is C=CC=CCN(Cc1ccccc1)C(=O)C#CC. The largest absolute Gasteiger partial charge is 0.324 e. The van der Waals surface area contributed by atoms with Crippen LogP contribution in [-0.2, 0) is 11.3 Å². The van der Waals surface area contributed by atoms with E-state index in [-0.39, 0.29) is 5.91 Å². The predicted molar refractivity (Wildman–Crippen MR) is 74.6 cm³/mol. The van der Waals surface area contributed by atoms with Gasteiger partial charge in [0.05, 0.1) is 0 Å². The van der Waals surface area contributed by atoms with E-state index < -0.39 is 0 Å². The molecule has 0 radical (unpaired) electrons. The summed E-state index contributed by atoms with van der Waals surface area (Å²) >= 11 is 0. The van der Waals surface area contributed by atoms with Crippen molar-refractivity contribution in [3.63, 3.8) is 0 Å². The van der Waals surface area contributed by atoms with Crippen LogP contribution in [0.5, 0.6) is 0 Å². The lowest BCUT2D eigenvalue weighted by Crippen LogP contribution is -2.29. The Balaban J connectivity index is 2.76. The first-order valence-corrected chi connectivity index (χ1v) is 5.81. The quantitative estimate of drug-likeness (QED) is 0.571. The van der Waals surface area contributed by atoms with E-state index in [0.29, 0.717) is 13.1 Å². The molecular weight excluding hydrogens is 222 g/mol. The summed E-state index contributed by atoms with van der Waals surface area (Å²) in [5, 5.41) is 0. The molecule has 1 amide bonds. The molecule has 0 aromatic heterocycles. The molecule has 0 fully saturated rings.